The van der Waals surface area contributed by atoms with Gasteiger partial charge in [-0.1, -0.05) is 5.16 Å². The number of hydrogen-bond acceptors (Lipinski definition) is 5. The third-order valence-electron chi connectivity index (χ3n) is 3.29. The summed E-state index contributed by atoms with van der Waals surface area (Å²) in [6.45, 7) is -1.63. The van der Waals surface area contributed by atoms with E-state index in [1.165, 1.54) is 16.5 Å². The van der Waals surface area contributed by atoms with Crippen molar-refractivity contribution in [1.82, 2.24) is 9.03 Å². The van der Waals surface area contributed by atoms with Gasteiger partial charge in [-0.2, -0.15) is 42.4 Å². The molecule has 0 aromatic heterocycles. The maximum atomic E-state index is 12.1. The Hall–Kier alpha value is -0.720. The average Bonchev–Trinajstić information content (AvgIpc) is 2.43. The Kier molecular flexibility index (Phi) is 5.75. The van der Waals surface area contributed by atoms with Crippen LogP contribution in [0.1, 0.15) is 12.8 Å². The number of piperidine rings is 1. The van der Waals surface area contributed by atoms with Gasteiger partial charge in [0.1, 0.15) is 6.54 Å². The van der Waals surface area contributed by atoms with Gasteiger partial charge in [0.2, 0.25) is 0 Å². The predicted octanol–water partition coefficient (Wildman–Crippen LogP) is 0.327. The SMILES string of the molecule is CSC1(C(N)=NO)CCN(S(=O)(=O)NCC(F)(F)F)CC1. The minimum atomic E-state index is -4.61. The number of hydrogen-bond donors (Lipinski definition) is 3. The second kappa shape index (κ2) is 6.58. The van der Waals surface area contributed by atoms with Crippen molar-refractivity contribution in [3.63, 3.8) is 0 Å². The zero-order valence-corrected chi connectivity index (χ0v) is 12.9. The highest BCUT2D eigenvalue weighted by atomic mass is 32.2. The Morgan fingerprint density at radius 3 is 2.38 bits per heavy atom. The molecule has 1 saturated heterocycles. The number of nitrogens with one attached hydrogen (secondary N) is 1. The Bertz CT molecular complexity index is 487. The molecule has 0 unspecified atom stereocenters. The van der Waals surface area contributed by atoms with Crippen molar-refractivity contribution >= 4 is 27.8 Å². The maximum Gasteiger partial charge on any atom is 0.402 e. The third-order valence-corrected chi connectivity index (χ3v) is 6.24. The molecule has 0 aromatic rings. The summed E-state index contributed by atoms with van der Waals surface area (Å²) < 4.78 is 61.5. The molecular formula is C9H17F3N4O3S2. The molecule has 0 aromatic carbocycles. The molecule has 0 saturated carbocycles. The van der Waals surface area contributed by atoms with Crippen molar-refractivity contribution in [2.24, 2.45) is 10.9 Å². The fourth-order valence-electron chi connectivity index (χ4n) is 2.01. The van der Waals surface area contributed by atoms with Crippen molar-refractivity contribution < 1.29 is 26.8 Å². The number of amidine groups is 1. The number of oxime groups is 1. The highest BCUT2D eigenvalue weighted by molar-refractivity contribution is 8.00. The van der Waals surface area contributed by atoms with Gasteiger partial charge < -0.3 is 10.9 Å². The first-order valence-corrected chi connectivity index (χ1v) is 8.57. The molecule has 0 amide bonds. The molecule has 0 radical (unpaired) electrons. The summed E-state index contributed by atoms with van der Waals surface area (Å²) in [5.41, 5.74) is 5.61. The van der Waals surface area contributed by atoms with Crippen molar-refractivity contribution in [2.45, 2.75) is 23.8 Å². The van der Waals surface area contributed by atoms with Crippen molar-refractivity contribution in [3.8, 4) is 0 Å². The molecule has 0 spiro atoms. The molecule has 0 atom stereocenters. The lowest BCUT2D eigenvalue weighted by Crippen LogP contribution is -2.54. The zero-order chi connectivity index (χ0) is 16.3. The number of nitrogens with zero attached hydrogens (tertiary/aromatic N) is 2. The highest BCUT2D eigenvalue weighted by Crippen LogP contribution is 2.35. The van der Waals surface area contributed by atoms with E-state index in [1.54, 1.807) is 6.26 Å². The fourth-order valence-corrected chi connectivity index (χ4v) is 4.04. The van der Waals surface area contributed by atoms with Gasteiger partial charge in [0.25, 0.3) is 10.2 Å². The monoisotopic (exact) mass is 350 g/mol. The maximum absolute atomic E-state index is 12.1. The molecule has 1 aliphatic rings. The highest BCUT2D eigenvalue weighted by Gasteiger charge is 2.41. The molecule has 1 rings (SSSR count). The van der Waals surface area contributed by atoms with Gasteiger partial charge in [0, 0.05) is 13.1 Å². The molecule has 1 fully saturated rings. The molecule has 21 heavy (non-hydrogen) atoms. The molecule has 124 valence electrons. The summed E-state index contributed by atoms with van der Waals surface area (Å²) in [6, 6.07) is 0. The van der Waals surface area contributed by atoms with E-state index in [-0.39, 0.29) is 31.8 Å². The van der Waals surface area contributed by atoms with Crippen LogP contribution in [-0.2, 0) is 10.2 Å². The van der Waals surface area contributed by atoms with Crippen LogP contribution < -0.4 is 10.5 Å². The summed E-state index contributed by atoms with van der Waals surface area (Å²) in [5.74, 6) is -0.0182. The first-order chi connectivity index (χ1) is 9.56. The number of rotatable bonds is 5. The number of nitrogens with two attached hydrogens (primary N) is 1. The van der Waals surface area contributed by atoms with Gasteiger partial charge in [-0.3, -0.25) is 0 Å². The quantitative estimate of drug-likeness (QED) is 0.287. The van der Waals surface area contributed by atoms with Crippen molar-refractivity contribution in [1.29, 1.82) is 0 Å². The van der Waals surface area contributed by atoms with E-state index in [2.05, 4.69) is 5.16 Å². The molecule has 1 heterocycles. The van der Waals surface area contributed by atoms with Crippen LogP contribution in [0.2, 0.25) is 0 Å². The molecule has 0 aliphatic carbocycles. The second-order valence-corrected chi connectivity index (χ2v) is 7.47. The first-order valence-electron chi connectivity index (χ1n) is 5.91. The van der Waals surface area contributed by atoms with Gasteiger partial charge in [0.05, 0.1) is 4.75 Å². The van der Waals surface area contributed by atoms with Gasteiger partial charge in [-0.15, -0.1) is 0 Å². The molecule has 1 aliphatic heterocycles. The molecule has 12 heteroatoms. The zero-order valence-electron chi connectivity index (χ0n) is 11.2. The number of halogens is 3. The molecular weight excluding hydrogens is 333 g/mol. The average molecular weight is 350 g/mol. The van der Waals surface area contributed by atoms with Crippen LogP contribution in [0.5, 0.6) is 0 Å². The van der Waals surface area contributed by atoms with E-state index in [9.17, 15) is 21.6 Å². The summed E-state index contributed by atoms with van der Waals surface area (Å²) in [7, 11) is -4.20. The van der Waals surface area contributed by atoms with E-state index in [0.717, 1.165) is 4.31 Å². The van der Waals surface area contributed by atoms with Gasteiger partial charge in [-0.05, 0) is 19.1 Å². The normalized spacial score (nSPS) is 21.4. The number of thioether (sulfide) groups is 1. The molecule has 0 bridgehead atoms. The summed E-state index contributed by atoms with van der Waals surface area (Å²) in [5, 5.41) is 11.7. The minimum Gasteiger partial charge on any atom is -0.409 e. The summed E-state index contributed by atoms with van der Waals surface area (Å²) >= 11 is 1.32. The Labute approximate surface area is 124 Å². The van der Waals surface area contributed by atoms with Crippen LogP contribution in [0.25, 0.3) is 0 Å². The Balaban J connectivity index is 2.71. The van der Waals surface area contributed by atoms with Crippen LogP contribution >= 0.6 is 11.8 Å². The Morgan fingerprint density at radius 1 is 1.48 bits per heavy atom. The number of alkyl halides is 3. The van der Waals surface area contributed by atoms with Crippen LogP contribution in [-0.4, -0.2) is 60.6 Å². The van der Waals surface area contributed by atoms with Crippen LogP contribution in [0.4, 0.5) is 13.2 Å². The lowest BCUT2D eigenvalue weighted by molar-refractivity contribution is -0.121. The Morgan fingerprint density at radius 2 is 2.00 bits per heavy atom. The lowest BCUT2D eigenvalue weighted by Gasteiger charge is -2.38. The topological polar surface area (TPSA) is 108 Å². The van der Waals surface area contributed by atoms with Crippen LogP contribution in [0, 0.1) is 0 Å². The van der Waals surface area contributed by atoms with Gasteiger partial charge in [-0.25, -0.2) is 0 Å². The van der Waals surface area contributed by atoms with E-state index in [4.69, 9.17) is 10.9 Å². The van der Waals surface area contributed by atoms with Crippen molar-refractivity contribution in [3.05, 3.63) is 0 Å². The molecule has 7 nitrogen and oxygen atoms in total. The first kappa shape index (κ1) is 18.3. The van der Waals surface area contributed by atoms with E-state index < -0.39 is 27.7 Å². The van der Waals surface area contributed by atoms with Crippen LogP contribution in [0.3, 0.4) is 0 Å². The second-order valence-electron chi connectivity index (χ2n) is 4.52. The van der Waals surface area contributed by atoms with Gasteiger partial charge >= 0.3 is 6.18 Å². The van der Waals surface area contributed by atoms with Gasteiger partial charge in [0.15, 0.2) is 5.84 Å². The third kappa shape index (κ3) is 4.63. The van der Waals surface area contributed by atoms with E-state index in [0.29, 0.717) is 0 Å². The predicted molar refractivity (Wildman–Crippen MR) is 73.4 cm³/mol. The van der Waals surface area contributed by atoms with E-state index in [1.807, 2.05) is 0 Å². The fraction of sp³-hybridized carbons (Fsp3) is 0.889. The van der Waals surface area contributed by atoms with E-state index >= 15 is 0 Å². The van der Waals surface area contributed by atoms with Crippen molar-refractivity contribution in [2.75, 3.05) is 25.9 Å². The standard InChI is InChI=1S/C9H17F3N4O3S2/c1-20-8(7(13)15-17)2-4-16(5-3-8)21(18,19)14-6-9(10,11)12/h14,17H,2-6H2,1H3,(H2,13,15). The lowest BCUT2D eigenvalue weighted by atomic mass is 9.96. The summed E-state index contributed by atoms with van der Waals surface area (Å²) in [6.07, 6.45) is -2.38. The largest absolute Gasteiger partial charge is 0.409 e. The smallest absolute Gasteiger partial charge is 0.402 e. The molecule has 4 N–H and O–H groups in total. The summed E-state index contributed by atoms with van der Waals surface area (Å²) in [4.78, 5) is 0. The minimum absolute atomic E-state index is 0.00967. The van der Waals surface area contributed by atoms with Crippen LogP contribution in [0.15, 0.2) is 5.16 Å².